The van der Waals surface area contributed by atoms with Gasteiger partial charge < -0.3 is 28.3 Å². The first kappa shape index (κ1) is 23.5. The van der Waals surface area contributed by atoms with Gasteiger partial charge in [-0.15, -0.1) is 0 Å². The van der Waals surface area contributed by atoms with E-state index in [4.69, 9.17) is 23.4 Å². The third-order valence-corrected chi connectivity index (χ3v) is 5.63. The average Bonchev–Trinajstić information content (AvgIpc) is 3.29. The fourth-order valence-corrected chi connectivity index (χ4v) is 3.86. The number of fused-ring (bicyclic) bond motifs is 1. The number of nitrogens with zero attached hydrogens (tertiary/aromatic N) is 3. The Morgan fingerprint density at radius 1 is 0.735 bits per heavy atom. The van der Waals surface area contributed by atoms with Crippen LogP contribution in [0.1, 0.15) is 0 Å². The molecule has 0 bridgehead atoms. The van der Waals surface area contributed by atoms with Gasteiger partial charge in [0.15, 0.2) is 0 Å². The van der Waals surface area contributed by atoms with E-state index in [9.17, 15) is 0 Å². The molecule has 178 valence electrons. The summed E-state index contributed by atoms with van der Waals surface area (Å²) in [5, 5.41) is 0.839. The molecule has 0 radical (unpaired) electrons. The number of hydrogen-bond acceptors (Lipinski definition) is 8. The quantitative estimate of drug-likeness (QED) is 0.317. The third kappa shape index (κ3) is 4.83. The van der Waals surface area contributed by atoms with Crippen molar-refractivity contribution >= 4 is 16.9 Å². The van der Waals surface area contributed by atoms with Crippen molar-refractivity contribution in [2.45, 2.75) is 0 Å². The lowest BCUT2D eigenvalue weighted by atomic mass is 9.99. The number of anilines is 1. The van der Waals surface area contributed by atoms with Crippen molar-refractivity contribution in [1.29, 1.82) is 0 Å². The summed E-state index contributed by atoms with van der Waals surface area (Å²) >= 11 is 0. The topological polar surface area (TPSA) is 79.1 Å². The molecule has 0 amide bonds. The minimum absolute atomic E-state index is 0.515. The average molecular weight is 464 g/mol. The van der Waals surface area contributed by atoms with Gasteiger partial charge in [0.2, 0.25) is 5.71 Å². The molecule has 0 spiro atoms. The molecule has 0 aliphatic carbocycles. The van der Waals surface area contributed by atoms with Gasteiger partial charge in [-0.05, 0) is 42.0 Å². The number of furan rings is 1. The molecule has 8 nitrogen and oxygen atoms in total. The molecule has 0 saturated carbocycles. The molecule has 0 atom stereocenters. The predicted octanol–water partition coefficient (Wildman–Crippen LogP) is 4.67. The molecule has 4 aromatic rings. The van der Waals surface area contributed by atoms with E-state index in [1.54, 1.807) is 28.4 Å². The second-order valence-electron chi connectivity index (χ2n) is 7.61. The highest BCUT2D eigenvalue weighted by Gasteiger charge is 2.24. The Hall–Kier alpha value is -3.62. The number of benzene rings is 2. The number of hydrogen-bond donors (Lipinski definition) is 0. The highest BCUT2D eigenvalue weighted by atomic mass is 16.5. The Labute approximate surface area is 199 Å². The number of aromatic nitrogens is 2. The van der Waals surface area contributed by atoms with Gasteiger partial charge >= 0.3 is 0 Å². The van der Waals surface area contributed by atoms with Gasteiger partial charge in [-0.1, -0.05) is 12.1 Å². The Morgan fingerprint density at radius 3 is 1.82 bits per heavy atom. The molecule has 0 fully saturated rings. The Balaban J connectivity index is 1.94. The minimum Gasteiger partial charge on any atom is -0.497 e. The van der Waals surface area contributed by atoms with Crippen molar-refractivity contribution in [3.63, 3.8) is 0 Å². The summed E-state index contributed by atoms with van der Waals surface area (Å²) < 4.78 is 27.8. The second kappa shape index (κ2) is 11.0. The summed E-state index contributed by atoms with van der Waals surface area (Å²) in [5.74, 6) is 3.04. The lowest BCUT2D eigenvalue weighted by Gasteiger charge is -2.23. The molecule has 2 aromatic heterocycles. The summed E-state index contributed by atoms with van der Waals surface area (Å²) in [6.45, 7) is 2.40. The molecular weight excluding hydrogens is 434 g/mol. The monoisotopic (exact) mass is 463 g/mol. The zero-order valence-electron chi connectivity index (χ0n) is 19.9. The van der Waals surface area contributed by atoms with E-state index in [0.29, 0.717) is 37.8 Å². The predicted molar refractivity (Wildman–Crippen MR) is 132 cm³/mol. The molecule has 34 heavy (non-hydrogen) atoms. The standard InChI is InChI=1S/C26H29N3O5/c1-30-15-13-29(14-16-31-2)25-23-22(18-5-9-20(32-3)10-6-18)24(34-26(23)28-17-27-25)19-7-11-21(33-4)12-8-19/h5-12,17H,13-16H2,1-4H3. The molecule has 0 aliphatic rings. The van der Waals surface area contributed by atoms with Crippen molar-refractivity contribution in [1.82, 2.24) is 9.97 Å². The van der Waals surface area contributed by atoms with Crippen LogP contribution in [0.25, 0.3) is 33.6 Å². The van der Waals surface area contributed by atoms with Crippen molar-refractivity contribution in [3.05, 3.63) is 54.9 Å². The van der Waals surface area contributed by atoms with E-state index in [1.807, 2.05) is 48.5 Å². The Kier molecular flexibility index (Phi) is 7.61. The van der Waals surface area contributed by atoms with Crippen LogP contribution in [-0.2, 0) is 9.47 Å². The van der Waals surface area contributed by atoms with E-state index in [-0.39, 0.29) is 0 Å². The zero-order valence-corrected chi connectivity index (χ0v) is 19.9. The van der Waals surface area contributed by atoms with Crippen molar-refractivity contribution in [2.75, 3.05) is 59.6 Å². The molecule has 2 heterocycles. The van der Waals surface area contributed by atoms with E-state index in [1.165, 1.54) is 6.33 Å². The van der Waals surface area contributed by atoms with E-state index >= 15 is 0 Å². The summed E-state index contributed by atoms with van der Waals surface area (Å²) in [7, 11) is 6.68. The maximum absolute atomic E-state index is 6.36. The van der Waals surface area contributed by atoms with E-state index in [0.717, 1.165) is 39.4 Å². The maximum Gasteiger partial charge on any atom is 0.232 e. The van der Waals surface area contributed by atoms with Crippen molar-refractivity contribution in [2.24, 2.45) is 0 Å². The van der Waals surface area contributed by atoms with Crippen LogP contribution in [0.2, 0.25) is 0 Å². The van der Waals surface area contributed by atoms with Gasteiger partial charge in [0, 0.05) is 38.4 Å². The van der Waals surface area contributed by atoms with Gasteiger partial charge in [-0.25, -0.2) is 9.97 Å². The van der Waals surface area contributed by atoms with Crippen molar-refractivity contribution < 1.29 is 23.4 Å². The van der Waals surface area contributed by atoms with Crippen LogP contribution < -0.4 is 14.4 Å². The van der Waals surface area contributed by atoms with Crippen LogP contribution in [0.5, 0.6) is 11.5 Å². The smallest absolute Gasteiger partial charge is 0.232 e. The van der Waals surface area contributed by atoms with Gasteiger partial charge in [-0.3, -0.25) is 0 Å². The van der Waals surface area contributed by atoms with Crippen LogP contribution in [0, 0.1) is 0 Å². The lowest BCUT2D eigenvalue weighted by molar-refractivity contribution is 0.190. The number of methoxy groups -OCH3 is 4. The summed E-state index contributed by atoms with van der Waals surface area (Å²) in [4.78, 5) is 11.3. The summed E-state index contributed by atoms with van der Waals surface area (Å²) in [5.41, 5.74) is 3.32. The summed E-state index contributed by atoms with van der Waals surface area (Å²) in [6.07, 6.45) is 1.53. The zero-order chi connectivity index (χ0) is 23.9. The van der Waals surface area contributed by atoms with E-state index < -0.39 is 0 Å². The molecule has 2 aromatic carbocycles. The molecule has 0 aliphatic heterocycles. The Morgan fingerprint density at radius 2 is 1.29 bits per heavy atom. The fraction of sp³-hybridized carbons (Fsp3) is 0.308. The van der Waals surface area contributed by atoms with Crippen molar-refractivity contribution in [3.8, 4) is 33.9 Å². The fourth-order valence-electron chi connectivity index (χ4n) is 3.86. The van der Waals surface area contributed by atoms with Crippen LogP contribution in [-0.4, -0.2) is 64.7 Å². The largest absolute Gasteiger partial charge is 0.497 e. The van der Waals surface area contributed by atoms with E-state index in [2.05, 4.69) is 14.9 Å². The second-order valence-corrected chi connectivity index (χ2v) is 7.61. The molecule has 0 unspecified atom stereocenters. The first-order valence-corrected chi connectivity index (χ1v) is 11.0. The van der Waals surface area contributed by atoms with Gasteiger partial charge in [0.25, 0.3) is 0 Å². The molecule has 0 saturated heterocycles. The normalized spacial score (nSPS) is 11.1. The van der Waals surface area contributed by atoms with Crippen LogP contribution >= 0.6 is 0 Å². The van der Waals surface area contributed by atoms with Gasteiger partial charge in [0.1, 0.15) is 29.4 Å². The Bertz CT molecular complexity index is 1200. The first-order chi connectivity index (χ1) is 16.7. The molecule has 4 rings (SSSR count). The highest BCUT2D eigenvalue weighted by molar-refractivity contribution is 6.06. The molecule has 8 heteroatoms. The lowest BCUT2D eigenvalue weighted by Crippen LogP contribution is -2.31. The molecule has 0 N–H and O–H groups in total. The maximum atomic E-state index is 6.36. The third-order valence-electron chi connectivity index (χ3n) is 5.63. The highest BCUT2D eigenvalue weighted by Crippen LogP contribution is 2.44. The van der Waals surface area contributed by atoms with Crippen LogP contribution in [0.4, 0.5) is 5.82 Å². The van der Waals surface area contributed by atoms with Gasteiger partial charge in [0.05, 0.1) is 32.8 Å². The SMILES string of the molecule is COCCN(CCOC)c1ncnc2oc(-c3ccc(OC)cc3)c(-c3ccc(OC)cc3)c12. The summed E-state index contributed by atoms with van der Waals surface area (Å²) in [6, 6.07) is 15.7. The number of rotatable bonds is 11. The minimum atomic E-state index is 0.515. The first-order valence-electron chi connectivity index (χ1n) is 11.0. The van der Waals surface area contributed by atoms with Gasteiger partial charge in [-0.2, -0.15) is 0 Å². The molecular formula is C26H29N3O5. The van der Waals surface area contributed by atoms with Crippen LogP contribution in [0.15, 0.2) is 59.3 Å². The number of ether oxygens (including phenoxy) is 4. The van der Waals surface area contributed by atoms with Crippen LogP contribution in [0.3, 0.4) is 0 Å².